The van der Waals surface area contributed by atoms with Gasteiger partial charge >= 0.3 is 5.97 Å². The molecule has 1 aromatic carbocycles. The lowest BCUT2D eigenvalue weighted by Gasteiger charge is -2.27. The second-order valence-electron chi connectivity index (χ2n) is 5.75. The first kappa shape index (κ1) is 19.9. The van der Waals surface area contributed by atoms with Crippen LogP contribution in [0.25, 0.3) is 0 Å². The van der Waals surface area contributed by atoms with Crippen LogP contribution in [0, 0.1) is 0 Å². The molecule has 1 aromatic rings. The number of carbonyl (C=O) groups is 3. The second kappa shape index (κ2) is 10.5. The van der Waals surface area contributed by atoms with E-state index in [-0.39, 0.29) is 31.3 Å². The van der Waals surface area contributed by atoms with Crippen LogP contribution in [0.5, 0.6) is 0 Å². The third-order valence-corrected chi connectivity index (χ3v) is 3.80. The fourth-order valence-electron chi connectivity index (χ4n) is 2.43. The maximum absolute atomic E-state index is 12.5. The molecule has 1 aliphatic rings. The summed E-state index contributed by atoms with van der Waals surface area (Å²) >= 11 is 0. The van der Waals surface area contributed by atoms with Crippen molar-refractivity contribution in [1.82, 2.24) is 4.90 Å². The van der Waals surface area contributed by atoms with Gasteiger partial charge in [0.05, 0.1) is 26.2 Å². The molecule has 1 heterocycles. The lowest BCUT2D eigenvalue weighted by molar-refractivity contribution is -0.145. The van der Waals surface area contributed by atoms with Crippen molar-refractivity contribution >= 4 is 23.5 Å². The highest BCUT2D eigenvalue weighted by Crippen LogP contribution is 2.14. The molecule has 1 aliphatic heterocycles. The van der Waals surface area contributed by atoms with E-state index in [0.29, 0.717) is 44.2 Å². The summed E-state index contributed by atoms with van der Waals surface area (Å²) in [4.78, 5) is 37.6. The first-order valence-corrected chi connectivity index (χ1v) is 8.51. The molecule has 1 fully saturated rings. The number of anilines is 1. The molecular weight excluding hydrogens is 340 g/mol. The summed E-state index contributed by atoms with van der Waals surface area (Å²) in [5.41, 5.74) is 1.02. The molecule has 1 saturated heterocycles. The van der Waals surface area contributed by atoms with Gasteiger partial charge in [-0.15, -0.1) is 0 Å². The number of ether oxygens (including phenoxy) is 3. The van der Waals surface area contributed by atoms with Gasteiger partial charge < -0.3 is 24.4 Å². The van der Waals surface area contributed by atoms with E-state index in [0.717, 1.165) is 0 Å². The van der Waals surface area contributed by atoms with Crippen LogP contribution in [0.1, 0.15) is 23.2 Å². The van der Waals surface area contributed by atoms with Gasteiger partial charge in [0.25, 0.3) is 5.91 Å². The van der Waals surface area contributed by atoms with E-state index >= 15 is 0 Å². The SMILES string of the molecule is COCCOC(=O)CCC(=O)Nc1cccc(C(=O)N2CCOCC2)c1. The number of hydrogen-bond donors (Lipinski definition) is 1. The fourth-order valence-corrected chi connectivity index (χ4v) is 2.43. The Labute approximate surface area is 152 Å². The van der Waals surface area contributed by atoms with Crippen LogP contribution in [-0.2, 0) is 23.8 Å². The van der Waals surface area contributed by atoms with Crippen molar-refractivity contribution in [3.63, 3.8) is 0 Å². The maximum Gasteiger partial charge on any atom is 0.306 e. The van der Waals surface area contributed by atoms with Gasteiger partial charge in [-0.1, -0.05) is 6.07 Å². The molecule has 0 atom stereocenters. The summed E-state index contributed by atoms with van der Waals surface area (Å²) in [7, 11) is 1.51. The van der Waals surface area contributed by atoms with Crippen LogP contribution in [0.4, 0.5) is 5.69 Å². The van der Waals surface area contributed by atoms with E-state index in [1.807, 2.05) is 0 Å². The molecule has 0 aromatic heterocycles. The molecule has 0 spiro atoms. The Kier molecular flexibility index (Phi) is 8.04. The van der Waals surface area contributed by atoms with E-state index in [2.05, 4.69) is 5.32 Å². The van der Waals surface area contributed by atoms with Crippen LogP contribution < -0.4 is 5.32 Å². The number of nitrogens with zero attached hydrogens (tertiary/aromatic N) is 1. The smallest absolute Gasteiger partial charge is 0.306 e. The van der Waals surface area contributed by atoms with E-state index in [9.17, 15) is 14.4 Å². The predicted octanol–water partition coefficient (Wildman–Crippen LogP) is 1.07. The van der Waals surface area contributed by atoms with Crippen molar-refractivity contribution in [2.45, 2.75) is 12.8 Å². The van der Waals surface area contributed by atoms with Gasteiger partial charge in [-0.05, 0) is 18.2 Å². The Morgan fingerprint density at radius 2 is 1.92 bits per heavy atom. The van der Waals surface area contributed by atoms with E-state index < -0.39 is 5.97 Å². The maximum atomic E-state index is 12.5. The standard InChI is InChI=1S/C18H24N2O6/c1-24-11-12-26-17(22)6-5-16(21)19-15-4-2-3-14(13-15)18(23)20-7-9-25-10-8-20/h2-4,13H,5-12H2,1H3,(H,19,21). The highest BCUT2D eigenvalue weighted by atomic mass is 16.6. The number of morpholine rings is 1. The first-order chi connectivity index (χ1) is 12.6. The van der Waals surface area contributed by atoms with Crippen molar-refractivity contribution in [2.75, 3.05) is 51.9 Å². The summed E-state index contributed by atoms with van der Waals surface area (Å²) in [5.74, 6) is -0.857. The fraction of sp³-hybridized carbons (Fsp3) is 0.500. The number of benzene rings is 1. The lowest BCUT2D eigenvalue weighted by Crippen LogP contribution is -2.40. The zero-order chi connectivity index (χ0) is 18.8. The number of carbonyl (C=O) groups excluding carboxylic acids is 3. The van der Waals surface area contributed by atoms with Gasteiger partial charge in [0.1, 0.15) is 6.61 Å². The third-order valence-electron chi connectivity index (χ3n) is 3.80. The summed E-state index contributed by atoms with van der Waals surface area (Å²) < 4.78 is 14.9. The molecule has 8 nitrogen and oxygen atoms in total. The molecule has 0 unspecified atom stereocenters. The highest BCUT2D eigenvalue weighted by molar-refractivity contribution is 5.97. The number of rotatable bonds is 8. The number of hydrogen-bond acceptors (Lipinski definition) is 6. The van der Waals surface area contributed by atoms with Crippen molar-refractivity contribution in [3.8, 4) is 0 Å². The van der Waals surface area contributed by atoms with Gasteiger partial charge in [0.2, 0.25) is 5.91 Å². The molecular formula is C18H24N2O6. The monoisotopic (exact) mass is 364 g/mol. The number of methoxy groups -OCH3 is 1. The average Bonchev–Trinajstić information content (AvgIpc) is 2.67. The van der Waals surface area contributed by atoms with Crippen molar-refractivity contribution < 1.29 is 28.6 Å². The normalized spacial score (nSPS) is 14.0. The van der Waals surface area contributed by atoms with Gasteiger partial charge in [-0.25, -0.2) is 0 Å². The van der Waals surface area contributed by atoms with Crippen LogP contribution >= 0.6 is 0 Å². The number of amides is 2. The highest BCUT2D eigenvalue weighted by Gasteiger charge is 2.18. The molecule has 0 bridgehead atoms. The zero-order valence-electron chi connectivity index (χ0n) is 14.9. The lowest BCUT2D eigenvalue weighted by atomic mass is 10.1. The molecule has 142 valence electrons. The van der Waals surface area contributed by atoms with E-state index in [1.165, 1.54) is 7.11 Å². The molecule has 8 heteroatoms. The predicted molar refractivity (Wildman–Crippen MR) is 93.9 cm³/mol. The van der Waals surface area contributed by atoms with Crippen molar-refractivity contribution in [1.29, 1.82) is 0 Å². The van der Waals surface area contributed by atoms with E-state index in [4.69, 9.17) is 14.2 Å². The quantitative estimate of drug-likeness (QED) is 0.548. The van der Waals surface area contributed by atoms with Crippen molar-refractivity contribution in [3.05, 3.63) is 29.8 Å². The largest absolute Gasteiger partial charge is 0.463 e. The molecule has 0 saturated carbocycles. The average molecular weight is 364 g/mol. The molecule has 2 rings (SSSR count). The topological polar surface area (TPSA) is 94.2 Å². The Morgan fingerprint density at radius 3 is 2.65 bits per heavy atom. The molecule has 1 N–H and O–H groups in total. The summed E-state index contributed by atoms with van der Waals surface area (Å²) in [6.07, 6.45) is -0.00456. The van der Waals surface area contributed by atoms with Crippen LogP contribution in [-0.4, -0.2) is 69.3 Å². The minimum absolute atomic E-state index is 0.00739. The summed E-state index contributed by atoms with van der Waals surface area (Å²) in [5, 5.41) is 2.70. The molecule has 26 heavy (non-hydrogen) atoms. The minimum Gasteiger partial charge on any atom is -0.463 e. The van der Waals surface area contributed by atoms with Gasteiger partial charge in [0, 0.05) is 37.9 Å². The van der Waals surface area contributed by atoms with Gasteiger partial charge in [0.15, 0.2) is 0 Å². The second-order valence-corrected chi connectivity index (χ2v) is 5.75. The molecule has 0 radical (unpaired) electrons. The Hall–Kier alpha value is -2.45. The van der Waals surface area contributed by atoms with Crippen LogP contribution in [0.2, 0.25) is 0 Å². The number of esters is 1. The minimum atomic E-state index is -0.451. The van der Waals surface area contributed by atoms with Gasteiger partial charge in [-0.3, -0.25) is 14.4 Å². The van der Waals surface area contributed by atoms with Crippen LogP contribution in [0.3, 0.4) is 0 Å². The summed E-state index contributed by atoms with van der Waals surface area (Å²) in [6, 6.07) is 6.75. The third kappa shape index (κ3) is 6.45. The van der Waals surface area contributed by atoms with Crippen molar-refractivity contribution in [2.24, 2.45) is 0 Å². The van der Waals surface area contributed by atoms with Crippen LogP contribution in [0.15, 0.2) is 24.3 Å². The Bertz CT molecular complexity index is 628. The van der Waals surface area contributed by atoms with Gasteiger partial charge in [-0.2, -0.15) is 0 Å². The number of nitrogens with one attached hydrogen (secondary N) is 1. The first-order valence-electron chi connectivity index (χ1n) is 8.51. The zero-order valence-corrected chi connectivity index (χ0v) is 14.9. The molecule has 0 aliphatic carbocycles. The molecule has 2 amide bonds. The summed E-state index contributed by atoms with van der Waals surface area (Å²) in [6.45, 7) is 2.66. The Morgan fingerprint density at radius 1 is 1.15 bits per heavy atom. The van der Waals surface area contributed by atoms with E-state index in [1.54, 1.807) is 29.2 Å². The Balaban J connectivity index is 1.82.